The molecule has 0 aliphatic rings. The summed E-state index contributed by atoms with van der Waals surface area (Å²) in [5, 5.41) is 3.72. The van der Waals surface area contributed by atoms with Gasteiger partial charge in [-0.05, 0) is 20.3 Å². The summed E-state index contributed by atoms with van der Waals surface area (Å²) >= 11 is 7.33. The van der Waals surface area contributed by atoms with Crippen molar-refractivity contribution in [1.29, 1.82) is 0 Å². The standard InChI is InChI=1S/C10H15ClN2OS/c1-4-8(11)5-12-10(14)9-6(2)13-7(3)15-9/h8H,4-5H2,1-3H3,(H,12,14). The van der Waals surface area contributed by atoms with Crippen LogP contribution in [-0.2, 0) is 0 Å². The van der Waals surface area contributed by atoms with Gasteiger partial charge in [0.25, 0.3) is 5.91 Å². The third kappa shape index (κ3) is 3.47. The summed E-state index contributed by atoms with van der Waals surface area (Å²) in [4.78, 5) is 16.6. The van der Waals surface area contributed by atoms with E-state index < -0.39 is 0 Å². The first kappa shape index (κ1) is 12.5. The zero-order chi connectivity index (χ0) is 11.4. The van der Waals surface area contributed by atoms with Crippen molar-refractivity contribution < 1.29 is 4.79 Å². The highest BCUT2D eigenvalue weighted by Gasteiger charge is 2.14. The Bertz CT molecular complexity index is 351. The Kier molecular flexibility index (Phi) is 4.54. The second-order valence-corrected chi connectivity index (χ2v) is 5.18. The van der Waals surface area contributed by atoms with E-state index in [1.54, 1.807) is 0 Å². The average molecular weight is 247 g/mol. The number of nitrogens with one attached hydrogen (secondary N) is 1. The van der Waals surface area contributed by atoms with E-state index in [1.165, 1.54) is 11.3 Å². The van der Waals surface area contributed by atoms with E-state index in [-0.39, 0.29) is 11.3 Å². The highest BCUT2D eigenvalue weighted by Crippen LogP contribution is 2.16. The van der Waals surface area contributed by atoms with Gasteiger partial charge in [-0.3, -0.25) is 4.79 Å². The highest BCUT2D eigenvalue weighted by atomic mass is 35.5. The molecule has 0 saturated heterocycles. The molecule has 3 nitrogen and oxygen atoms in total. The molecular weight excluding hydrogens is 232 g/mol. The zero-order valence-corrected chi connectivity index (χ0v) is 10.7. The Morgan fingerprint density at radius 1 is 1.60 bits per heavy atom. The Morgan fingerprint density at radius 2 is 2.27 bits per heavy atom. The minimum Gasteiger partial charge on any atom is -0.350 e. The molecule has 84 valence electrons. The van der Waals surface area contributed by atoms with Crippen molar-refractivity contribution >= 4 is 28.8 Å². The van der Waals surface area contributed by atoms with Crippen molar-refractivity contribution in [1.82, 2.24) is 10.3 Å². The lowest BCUT2D eigenvalue weighted by atomic mass is 10.3. The first-order valence-electron chi connectivity index (χ1n) is 4.90. The van der Waals surface area contributed by atoms with Gasteiger partial charge in [-0.15, -0.1) is 22.9 Å². The van der Waals surface area contributed by atoms with Crippen LogP contribution in [0.2, 0.25) is 0 Å². The molecular formula is C10H15ClN2OS. The molecule has 1 amide bonds. The maximum absolute atomic E-state index is 11.7. The molecule has 0 spiro atoms. The van der Waals surface area contributed by atoms with Gasteiger partial charge in [-0.25, -0.2) is 4.98 Å². The molecule has 0 radical (unpaired) electrons. The Labute approximate surface area is 98.9 Å². The van der Waals surface area contributed by atoms with Gasteiger partial charge in [0.1, 0.15) is 4.88 Å². The van der Waals surface area contributed by atoms with Crippen LogP contribution in [0.5, 0.6) is 0 Å². The van der Waals surface area contributed by atoms with Crippen LogP contribution in [0.3, 0.4) is 0 Å². The summed E-state index contributed by atoms with van der Waals surface area (Å²) in [7, 11) is 0. The van der Waals surface area contributed by atoms with Gasteiger partial charge < -0.3 is 5.32 Å². The Hall–Kier alpha value is -0.610. The molecule has 15 heavy (non-hydrogen) atoms. The van der Waals surface area contributed by atoms with Crippen LogP contribution in [0.25, 0.3) is 0 Å². The number of carbonyl (C=O) groups excluding carboxylic acids is 1. The van der Waals surface area contributed by atoms with E-state index in [0.717, 1.165) is 17.1 Å². The van der Waals surface area contributed by atoms with E-state index >= 15 is 0 Å². The van der Waals surface area contributed by atoms with E-state index in [9.17, 15) is 4.79 Å². The number of carbonyl (C=O) groups is 1. The van der Waals surface area contributed by atoms with E-state index in [0.29, 0.717) is 11.4 Å². The second-order valence-electron chi connectivity index (χ2n) is 3.36. The van der Waals surface area contributed by atoms with Crippen LogP contribution >= 0.6 is 22.9 Å². The molecule has 0 aliphatic carbocycles. The molecule has 5 heteroatoms. The number of aromatic nitrogens is 1. The van der Waals surface area contributed by atoms with Crippen LogP contribution < -0.4 is 5.32 Å². The predicted molar refractivity (Wildman–Crippen MR) is 63.9 cm³/mol. The number of aryl methyl sites for hydroxylation is 2. The molecule has 1 atom stereocenters. The van der Waals surface area contributed by atoms with Crippen molar-refractivity contribution in [2.24, 2.45) is 0 Å². The van der Waals surface area contributed by atoms with Gasteiger partial charge in [-0.1, -0.05) is 6.92 Å². The molecule has 0 aromatic carbocycles. The lowest BCUT2D eigenvalue weighted by molar-refractivity contribution is 0.0956. The van der Waals surface area contributed by atoms with Crippen LogP contribution in [-0.4, -0.2) is 22.8 Å². The molecule has 1 N–H and O–H groups in total. The quantitative estimate of drug-likeness (QED) is 0.830. The largest absolute Gasteiger partial charge is 0.350 e. The summed E-state index contributed by atoms with van der Waals surface area (Å²) < 4.78 is 0. The molecule has 0 saturated carbocycles. The first-order chi connectivity index (χ1) is 7.04. The highest BCUT2D eigenvalue weighted by molar-refractivity contribution is 7.13. The van der Waals surface area contributed by atoms with E-state index in [4.69, 9.17) is 11.6 Å². The molecule has 1 aromatic rings. The smallest absolute Gasteiger partial charge is 0.263 e. The van der Waals surface area contributed by atoms with Crippen molar-refractivity contribution in [3.05, 3.63) is 15.6 Å². The van der Waals surface area contributed by atoms with Crippen molar-refractivity contribution in [2.75, 3.05) is 6.54 Å². The molecule has 1 rings (SSSR count). The van der Waals surface area contributed by atoms with Gasteiger partial charge in [0, 0.05) is 6.54 Å². The van der Waals surface area contributed by atoms with Gasteiger partial charge in [0.15, 0.2) is 0 Å². The summed E-state index contributed by atoms with van der Waals surface area (Å²) in [5.41, 5.74) is 0.789. The van der Waals surface area contributed by atoms with Crippen LogP contribution in [0, 0.1) is 13.8 Å². The second kappa shape index (κ2) is 5.47. The fourth-order valence-corrected chi connectivity index (χ4v) is 2.08. The van der Waals surface area contributed by atoms with Crippen LogP contribution in [0.1, 0.15) is 33.7 Å². The fraction of sp³-hybridized carbons (Fsp3) is 0.600. The SMILES string of the molecule is CCC(Cl)CNC(=O)c1sc(C)nc1C. The van der Waals surface area contributed by atoms with Crippen LogP contribution in [0.4, 0.5) is 0 Å². The number of rotatable bonds is 4. The number of hydrogen-bond donors (Lipinski definition) is 1. The van der Waals surface area contributed by atoms with E-state index in [1.807, 2.05) is 20.8 Å². The summed E-state index contributed by atoms with van der Waals surface area (Å²) in [6.45, 7) is 6.24. The molecule has 1 aromatic heterocycles. The number of hydrogen-bond acceptors (Lipinski definition) is 3. The Morgan fingerprint density at radius 3 is 2.73 bits per heavy atom. The first-order valence-corrected chi connectivity index (χ1v) is 6.16. The van der Waals surface area contributed by atoms with Crippen LogP contribution in [0.15, 0.2) is 0 Å². The maximum atomic E-state index is 11.7. The Balaban J connectivity index is 2.58. The summed E-state index contributed by atoms with van der Waals surface area (Å²) in [6.07, 6.45) is 0.850. The monoisotopic (exact) mass is 246 g/mol. The summed E-state index contributed by atoms with van der Waals surface area (Å²) in [6, 6.07) is 0. The maximum Gasteiger partial charge on any atom is 0.263 e. The van der Waals surface area contributed by atoms with Gasteiger partial charge in [0.05, 0.1) is 16.1 Å². The van der Waals surface area contributed by atoms with Crippen molar-refractivity contribution in [3.63, 3.8) is 0 Å². The molecule has 0 bridgehead atoms. The van der Waals surface area contributed by atoms with Gasteiger partial charge in [0.2, 0.25) is 0 Å². The topological polar surface area (TPSA) is 42.0 Å². The van der Waals surface area contributed by atoms with E-state index in [2.05, 4.69) is 10.3 Å². The third-order valence-electron chi connectivity index (χ3n) is 2.04. The predicted octanol–water partition coefficient (Wildman–Crippen LogP) is 2.51. The van der Waals surface area contributed by atoms with Crippen molar-refractivity contribution in [2.45, 2.75) is 32.6 Å². The normalized spacial score (nSPS) is 12.5. The van der Waals surface area contributed by atoms with Crippen molar-refractivity contribution in [3.8, 4) is 0 Å². The number of halogens is 1. The molecule has 1 unspecified atom stereocenters. The molecule has 0 fully saturated rings. The number of alkyl halides is 1. The average Bonchev–Trinajstić information content (AvgIpc) is 2.53. The zero-order valence-electron chi connectivity index (χ0n) is 9.13. The fourth-order valence-electron chi connectivity index (χ4n) is 1.17. The number of amides is 1. The minimum atomic E-state index is -0.0720. The van der Waals surface area contributed by atoms with Gasteiger partial charge >= 0.3 is 0 Å². The van der Waals surface area contributed by atoms with Gasteiger partial charge in [-0.2, -0.15) is 0 Å². The lowest BCUT2D eigenvalue weighted by Gasteiger charge is -2.07. The number of nitrogens with zero attached hydrogens (tertiary/aromatic N) is 1. The molecule has 1 heterocycles. The third-order valence-corrected chi connectivity index (χ3v) is 3.57. The minimum absolute atomic E-state index is 0.00303. The lowest BCUT2D eigenvalue weighted by Crippen LogP contribution is -2.29. The number of thiazole rings is 1. The molecule has 0 aliphatic heterocycles. The summed E-state index contributed by atoms with van der Waals surface area (Å²) in [5.74, 6) is -0.0720.